The molecule has 5 heteroatoms. The number of aromatic amines is 1. The molecule has 3 rings (SSSR count). The van der Waals surface area contributed by atoms with Crippen LogP contribution in [0.1, 0.15) is 5.56 Å². The molecule has 106 valence electrons. The number of benzene rings is 2. The first kappa shape index (κ1) is 13.3. The Balaban J connectivity index is 1.75. The molecular weight excluding hydrogens is 274 g/mol. The van der Waals surface area contributed by atoms with Crippen LogP contribution in [-0.4, -0.2) is 10.9 Å². The van der Waals surface area contributed by atoms with Crippen molar-refractivity contribution in [1.29, 1.82) is 0 Å². The van der Waals surface area contributed by atoms with Gasteiger partial charge in [-0.25, -0.2) is 8.78 Å². The third-order valence-electron chi connectivity index (χ3n) is 3.18. The largest absolute Gasteiger partial charge is 0.361 e. The fourth-order valence-electron chi connectivity index (χ4n) is 2.19. The molecule has 3 nitrogen and oxygen atoms in total. The van der Waals surface area contributed by atoms with Gasteiger partial charge in [-0.1, -0.05) is 6.07 Å². The number of halogens is 2. The highest BCUT2D eigenvalue weighted by atomic mass is 19.1. The van der Waals surface area contributed by atoms with Gasteiger partial charge in [-0.3, -0.25) is 4.79 Å². The maximum Gasteiger partial charge on any atom is 0.228 e. The van der Waals surface area contributed by atoms with E-state index < -0.39 is 17.5 Å². The molecule has 0 saturated carbocycles. The second kappa shape index (κ2) is 5.36. The van der Waals surface area contributed by atoms with Crippen LogP contribution < -0.4 is 5.32 Å². The predicted molar refractivity (Wildman–Crippen MR) is 77.0 cm³/mol. The highest BCUT2D eigenvalue weighted by molar-refractivity contribution is 5.93. The first-order chi connectivity index (χ1) is 10.1. The van der Waals surface area contributed by atoms with Gasteiger partial charge in [0.25, 0.3) is 0 Å². The monoisotopic (exact) mass is 286 g/mol. The number of carbonyl (C=O) groups excluding carboxylic acids is 1. The summed E-state index contributed by atoms with van der Waals surface area (Å²) < 4.78 is 26.5. The molecule has 0 aliphatic carbocycles. The topological polar surface area (TPSA) is 44.9 Å². The van der Waals surface area contributed by atoms with Gasteiger partial charge in [0.2, 0.25) is 5.91 Å². The number of anilines is 1. The molecule has 0 spiro atoms. The molecule has 2 N–H and O–H groups in total. The molecule has 0 atom stereocenters. The number of carbonyl (C=O) groups is 1. The first-order valence-corrected chi connectivity index (χ1v) is 6.43. The average molecular weight is 286 g/mol. The molecule has 0 aliphatic heterocycles. The molecule has 1 heterocycles. The Morgan fingerprint density at radius 1 is 1.10 bits per heavy atom. The SMILES string of the molecule is O=C(Cc1ccc2[nH]ccc2c1)Nc1cc(F)ccc1F. The lowest BCUT2D eigenvalue weighted by Crippen LogP contribution is -2.15. The minimum Gasteiger partial charge on any atom is -0.361 e. The second-order valence-corrected chi connectivity index (χ2v) is 4.75. The quantitative estimate of drug-likeness (QED) is 0.758. The molecule has 0 radical (unpaired) electrons. The number of amides is 1. The van der Waals surface area contributed by atoms with Gasteiger partial charge in [0, 0.05) is 17.8 Å². The van der Waals surface area contributed by atoms with Crippen LogP contribution >= 0.6 is 0 Å². The van der Waals surface area contributed by atoms with E-state index in [-0.39, 0.29) is 12.1 Å². The van der Waals surface area contributed by atoms with Gasteiger partial charge in [-0.05, 0) is 41.3 Å². The smallest absolute Gasteiger partial charge is 0.228 e. The number of rotatable bonds is 3. The summed E-state index contributed by atoms with van der Waals surface area (Å²) in [6, 6.07) is 10.4. The van der Waals surface area contributed by atoms with Crippen molar-refractivity contribution < 1.29 is 13.6 Å². The van der Waals surface area contributed by atoms with E-state index in [1.807, 2.05) is 30.5 Å². The molecule has 0 fully saturated rings. The molecular formula is C16H12F2N2O. The number of fused-ring (bicyclic) bond motifs is 1. The number of nitrogens with one attached hydrogen (secondary N) is 2. The lowest BCUT2D eigenvalue weighted by Gasteiger charge is -2.07. The van der Waals surface area contributed by atoms with Gasteiger partial charge in [-0.15, -0.1) is 0 Å². The Morgan fingerprint density at radius 3 is 2.81 bits per heavy atom. The van der Waals surface area contributed by atoms with E-state index in [0.717, 1.165) is 34.7 Å². The van der Waals surface area contributed by atoms with Crippen LogP contribution in [0.2, 0.25) is 0 Å². The molecule has 0 bridgehead atoms. The van der Waals surface area contributed by atoms with Gasteiger partial charge >= 0.3 is 0 Å². The minimum absolute atomic E-state index is 0.0943. The zero-order chi connectivity index (χ0) is 14.8. The lowest BCUT2D eigenvalue weighted by atomic mass is 10.1. The van der Waals surface area contributed by atoms with Crippen LogP contribution in [0.25, 0.3) is 10.9 Å². The van der Waals surface area contributed by atoms with Gasteiger partial charge in [0.05, 0.1) is 12.1 Å². The van der Waals surface area contributed by atoms with E-state index in [0.29, 0.717) is 0 Å². The van der Waals surface area contributed by atoms with Crippen molar-refractivity contribution in [2.45, 2.75) is 6.42 Å². The predicted octanol–water partition coefficient (Wildman–Crippen LogP) is 3.63. The Labute approximate surface area is 119 Å². The summed E-state index contributed by atoms with van der Waals surface area (Å²) in [6.45, 7) is 0. The highest BCUT2D eigenvalue weighted by Crippen LogP contribution is 2.17. The van der Waals surface area contributed by atoms with Crippen molar-refractivity contribution in [1.82, 2.24) is 4.98 Å². The minimum atomic E-state index is -0.661. The molecule has 0 saturated heterocycles. The zero-order valence-electron chi connectivity index (χ0n) is 11.0. The van der Waals surface area contributed by atoms with E-state index in [1.165, 1.54) is 0 Å². The maximum absolute atomic E-state index is 13.4. The van der Waals surface area contributed by atoms with Crippen LogP contribution in [0.3, 0.4) is 0 Å². The third kappa shape index (κ3) is 2.91. The summed E-state index contributed by atoms with van der Waals surface area (Å²) in [5.41, 5.74) is 1.63. The highest BCUT2D eigenvalue weighted by Gasteiger charge is 2.09. The number of hydrogen-bond acceptors (Lipinski definition) is 1. The summed E-state index contributed by atoms with van der Waals surface area (Å²) in [5.74, 6) is -1.65. The van der Waals surface area contributed by atoms with Gasteiger partial charge in [0.1, 0.15) is 11.6 Å². The Bertz CT molecular complexity index is 811. The van der Waals surface area contributed by atoms with E-state index in [1.54, 1.807) is 0 Å². The second-order valence-electron chi connectivity index (χ2n) is 4.75. The zero-order valence-corrected chi connectivity index (χ0v) is 11.0. The summed E-state index contributed by atoms with van der Waals surface area (Å²) in [7, 11) is 0. The van der Waals surface area contributed by atoms with Crippen molar-refractivity contribution in [2.75, 3.05) is 5.32 Å². The van der Waals surface area contributed by atoms with Crippen LogP contribution in [0.5, 0.6) is 0 Å². The van der Waals surface area contributed by atoms with Gasteiger partial charge in [0.15, 0.2) is 0 Å². The van der Waals surface area contributed by atoms with Crippen molar-refractivity contribution in [3.05, 3.63) is 65.9 Å². The average Bonchev–Trinajstić information content (AvgIpc) is 2.90. The normalized spacial score (nSPS) is 10.8. The van der Waals surface area contributed by atoms with Crippen LogP contribution in [0, 0.1) is 11.6 Å². The Hall–Kier alpha value is -2.69. The lowest BCUT2D eigenvalue weighted by molar-refractivity contribution is -0.115. The fourth-order valence-corrected chi connectivity index (χ4v) is 2.19. The maximum atomic E-state index is 13.4. The summed E-state index contributed by atoms with van der Waals surface area (Å²) in [4.78, 5) is 15.0. The van der Waals surface area contributed by atoms with Crippen LogP contribution in [0.15, 0.2) is 48.7 Å². The van der Waals surface area contributed by atoms with Crippen molar-refractivity contribution in [3.8, 4) is 0 Å². The summed E-state index contributed by atoms with van der Waals surface area (Å²) in [5, 5.41) is 3.38. The fraction of sp³-hybridized carbons (Fsp3) is 0.0625. The molecule has 3 aromatic rings. The molecule has 21 heavy (non-hydrogen) atoms. The van der Waals surface area contributed by atoms with Gasteiger partial charge < -0.3 is 10.3 Å². The van der Waals surface area contributed by atoms with Crippen molar-refractivity contribution >= 4 is 22.5 Å². The van der Waals surface area contributed by atoms with Crippen LogP contribution in [0.4, 0.5) is 14.5 Å². The van der Waals surface area contributed by atoms with Crippen LogP contribution in [-0.2, 0) is 11.2 Å². The molecule has 0 unspecified atom stereocenters. The summed E-state index contributed by atoms with van der Waals surface area (Å²) in [6.07, 6.45) is 1.91. The van der Waals surface area contributed by atoms with Crippen molar-refractivity contribution in [2.24, 2.45) is 0 Å². The summed E-state index contributed by atoms with van der Waals surface area (Å²) >= 11 is 0. The molecule has 1 aromatic heterocycles. The molecule has 0 aliphatic rings. The Kier molecular flexibility index (Phi) is 3.39. The number of aromatic nitrogens is 1. The van der Waals surface area contributed by atoms with Crippen molar-refractivity contribution in [3.63, 3.8) is 0 Å². The van der Waals surface area contributed by atoms with E-state index in [4.69, 9.17) is 0 Å². The van der Waals surface area contributed by atoms with Gasteiger partial charge in [-0.2, -0.15) is 0 Å². The number of hydrogen-bond donors (Lipinski definition) is 2. The Morgan fingerprint density at radius 2 is 1.95 bits per heavy atom. The standard InChI is InChI=1S/C16H12F2N2O/c17-12-2-3-13(18)15(9-12)20-16(21)8-10-1-4-14-11(7-10)5-6-19-14/h1-7,9,19H,8H2,(H,20,21). The molecule has 1 amide bonds. The first-order valence-electron chi connectivity index (χ1n) is 6.43. The van der Waals surface area contributed by atoms with E-state index in [9.17, 15) is 13.6 Å². The molecule has 2 aromatic carbocycles. The number of H-pyrrole nitrogens is 1. The van der Waals surface area contributed by atoms with E-state index in [2.05, 4.69) is 10.3 Å². The third-order valence-corrected chi connectivity index (χ3v) is 3.18. The van der Waals surface area contributed by atoms with E-state index >= 15 is 0 Å².